The van der Waals surface area contributed by atoms with Crippen LogP contribution in [0.25, 0.3) is 10.8 Å². The van der Waals surface area contributed by atoms with E-state index in [0.29, 0.717) is 12.3 Å². The third kappa shape index (κ3) is 4.88. The van der Waals surface area contributed by atoms with Gasteiger partial charge in [0.15, 0.2) is 6.61 Å². The molecule has 0 fully saturated rings. The number of hydrogen-bond acceptors (Lipinski definition) is 6. The van der Waals surface area contributed by atoms with Gasteiger partial charge >= 0.3 is 0 Å². The molecule has 0 bridgehead atoms. The van der Waals surface area contributed by atoms with Crippen molar-refractivity contribution in [2.45, 2.75) is 19.1 Å². The Morgan fingerprint density at radius 3 is 2.86 bits per heavy atom. The van der Waals surface area contributed by atoms with Crippen LogP contribution in [0, 0.1) is 0 Å². The molecule has 2 aromatic carbocycles. The summed E-state index contributed by atoms with van der Waals surface area (Å²) >= 11 is 0. The van der Waals surface area contributed by atoms with Crippen molar-refractivity contribution in [3.63, 3.8) is 0 Å². The molecule has 7 nitrogen and oxygen atoms in total. The van der Waals surface area contributed by atoms with Crippen molar-refractivity contribution in [2.75, 3.05) is 26.2 Å². The highest BCUT2D eigenvalue weighted by molar-refractivity contribution is 5.87. The van der Waals surface area contributed by atoms with Gasteiger partial charge in [-0.25, -0.2) is 0 Å². The van der Waals surface area contributed by atoms with Crippen LogP contribution in [-0.2, 0) is 17.8 Å². The molecule has 1 unspecified atom stereocenters. The van der Waals surface area contributed by atoms with Crippen molar-refractivity contribution in [3.8, 4) is 5.75 Å². The third-order valence-corrected chi connectivity index (χ3v) is 5.12. The van der Waals surface area contributed by atoms with Crippen molar-refractivity contribution in [1.29, 1.82) is 0 Å². The molecule has 0 spiro atoms. The van der Waals surface area contributed by atoms with E-state index in [9.17, 15) is 9.90 Å². The fourth-order valence-corrected chi connectivity index (χ4v) is 3.62. The van der Waals surface area contributed by atoms with Crippen molar-refractivity contribution in [2.24, 2.45) is 0 Å². The van der Waals surface area contributed by atoms with E-state index in [4.69, 9.17) is 4.74 Å². The van der Waals surface area contributed by atoms with E-state index in [1.807, 2.05) is 18.2 Å². The van der Waals surface area contributed by atoms with E-state index in [1.165, 1.54) is 11.1 Å². The number of carbonyl (C=O) groups is 1. The molecule has 7 heteroatoms. The SMILES string of the molecule is O=C(COc1cccc2cnncc12)NCC(O)CN1CCc2ccccc2C1. The minimum Gasteiger partial charge on any atom is -0.483 e. The molecule has 0 radical (unpaired) electrons. The summed E-state index contributed by atoms with van der Waals surface area (Å²) in [6.07, 6.45) is 3.62. The first-order valence-electron chi connectivity index (χ1n) is 9.75. The highest BCUT2D eigenvalue weighted by Gasteiger charge is 2.18. The maximum atomic E-state index is 12.1. The first-order valence-corrected chi connectivity index (χ1v) is 9.75. The minimum absolute atomic E-state index is 0.120. The van der Waals surface area contributed by atoms with Gasteiger partial charge in [0.2, 0.25) is 0 Å². The Balaban J connectivity index is 1.22. The van der Waals surface area contributed by atoms with E-state index in [1.54, 1.807) is 18.5 Å². The Morgan fingerprint density at radius 1 is 1.14 bits per heavy atom. The molecular weight excluding hydrogens is 368 g/mol. The molecule has 1 aliphatic heterocycles. The zero-order valence-electron chi connectivity index (χ0n) is 16.1. The zero-order chi connectivity index (χ0) is 20.1. The largest absolute Gasteiger partial charge is 0.483 e. The summed E-state index contributed by atoms with van der Waals surface area (Å²) in [6.45, 7) is 2.34. The van der Waals surface area contributed by atoms with Crippen LogP contribution >= 0.6 is 0 Å². The fourth-order valence-electron chi connectivity index (χ4n) is 3.62. The summed E-state index contributed by atoms with van der Waals surface area (Å²) in [6, 6.07) is 13.9. The van der Waals surface area contributed by atoms with Gasteiger partial charge in [-0.05, 0) is 23.6 Å². The molecule has 29 heavy (non-hydrogen) atoms. The molecular formula is C22H24N4O3. The number of aliphatic hydroxyl groups is 1. The summed E-state index contributed by atoms with van der Waals surface area (Å²) in [5.74, 6) is 0.312. The van der Waals surface area contributed by atoms with Gasteiger partial charge in [-0.1, -0.05) is 36.4 Å². The van der Waals surface area contributed by atoms with E-state index in [0.717, 1.165) is 30.3 Å². The second-order valence-corrected chi connectivity index (χ2v) is 7.25. The third-order valence-electron chi connectivity index (χ3n) is 5.12. The van der Waals surface area contributed by atoms with E-state index < -0.39 is 6.10 Å². The number of aromatic nitrogens is 2. The van der Waals surface area contributed by atoms with Crippen LogP contribution < -0.4 is 10.1 Å². The van der Waals surface area contributed by atoms with E-state index >= 15 is 0 Å². The molecule has 1 aromatic heterocycles. The molecule has 1 amide bonds. The molecule has 0 saturated carbocycles. The quantitative estimate of drug-likeness (QED) is 0.634. The predicted octanol–water partition coefficient (Wildman–Crippen LogP) is 1.54. The van der Waals surface area contributed by atoms with Crippen LogP contribution in [0.1, 0.15) is 11.1 Å². The zero-order valence-corrected chi connectivity index (χ0v) is 16.1. The molecule has 2 N–H and O–H groups in total. The van der Waals surface area contributed by atoms with E-state index in [-0.39, 0.29) is 19.1 Å². The lowest BCUT2D eigenvalue weighted by Gasteiger charge is -2.30. The van der Waals surface area contributed by atoms with Gasteiger partial charge in [-0.2, -0.15) is 10.2 Å². The Kier molecular flexibility index (Phi) is 5.97. The number of nitrogens with one attached hydrogen (secondary N) is 1. The number of β-amino-alcohol motifs (C(OH)–C–C–N with tert-alkyl or cyclic N) is 1. The summed E-state index contributed by atoms with van der Waals surface area (Å²) in [5.41, 5.74) is 2.69. The van der Waals surface area contributed by atoms with Crippen LogP contribution in [0.3, 0.4) is 0 Å². The molecule has 2 heterocycles. The maximum absolute atomic E-state index is 12.1. The van der Waals surface area contributed by atoms with Crippen molar-refractivity contribution in [1.82, 2.24) is 20.4 Å². The number of amides is 1. The van der Waals surface area contributed by atoms with Gasteiger partial charge in [0.1, 0.15) is 5.75 Å². The monoisotopic (exact) mass is 392 g/mol. The summed E-state index contributed by atoms with van der Waals surface area (Å²) in [4.78, 5) is 14.3. The number of rotatable bonds is 7. The van der Waals surface area contributed by atoms with Gasteiger partial charge in [-0.3, -0.25) is 9.69 Å². The average molecular weight is 392 g/mol. The summed E-state index contributed by atoms with van der Waals surface area (Å²) < 4.78 is 5.63. The number of carbonyl (C=O) groups excluding carboxylic acids is 1. The lowest BCUT2D eigenvalue weighted by atomic mass is 10.00. The smallest absolute Gasteiger partial charge is 0.258 e. The first kappa shape index (κ1) is 19.3. The lowest BCUT2D eigenvalue weighted by molar-refractivity contribution is -0.123. The van der Waals surface area contributed by atoms with Crippen molar-refractivity contribution >= 4 is 16.7 Å². The van der Waals surface area contributed by atoms with Crippen LogP contribution in [-0.4, -0.2) is 58.5 Å². The Hall–Kier alpha value is -3.03. The second-order valence-electron chi connectivity index (χ2n) is 7.25. The average Bonchev–Trinajstić information content (AvgIpc) is 2.76. The molecule has 1 atom stereocenters. The van der Waals surface area contributed by atoms with Crippen LogP contribution in [0.2, 0.25) is 0 Å². The molecule has 4 rings (SSSR count). The number of nitrogens with zero attached hydrogens (tertiary/aromatic N) is 3. The van der Waals surface area contributed by atoms with E-state index in [2.05, 4.69) is 38.6 Å². The highest BCUT2D eigenvalue weighted by Crippen LogP contribution is 2.23. The van der Waals surface area contributed by atoms with Crippen LogP contribution in [0.4, 0.5) is 0 Å². The fraction of sp³-hybridized carbons (Fsp3) is 0.318. The molecule has 1 aliphatic rings. The van der Waals surface area contributed by atoms with Crippen LogP contribution in [0.15, 0.2) is 54.9 Å². The number of hydrogen-bond donors (Lipinski definition) is 2. The summed E-state index contributed by atoms with van der Waals surface area (Å²) in [5, 5.41) is 22.5. The number of benzene rings is 2. The Morgan fingerprint density at radius 2 is 1.97 bits per heavy atom. The molecule has 0 saturated heterocycles. The predicted molar refractivity (Wildman–Crippen MR) is 109 cm³/mol. The highest BCUT2D eigenvalue weighted by atomic mass is 16.5. The normalized spacial score (nSPS) is 14.9. The van der Waals surface area contributed by atoms with Gasteiger partial charge in [-0.15, -0.1) is 0 Å². The van der Waals surface area contributed by atoms with Gasteiger partial charge in [0.05, 0.1) is 18.5 Å². The first-order chi connectivity index (χ1) is 14.2. The standard InChI is InChI=1S/C22H24N4O3/c27-19(14-26-9-8-16-4-1-2-5-18(16)13-26)11-23-22(28)15-29-21-7-3-6-17-10-24-25-12-20(17)21/h1-7,10,12,19,27H,8-9,11,13-15H2,(H,23,28). The Labute approximate surface area is 169 Å². The number of fused-ring (bicyclic) bond motifs is 2. The minimum atomic E-state index is -0.628. The molecule has 3 aromatic rings. The number of ether oxygens (including phenoxy) is 1. The van der Waals surface area contributed by atoms with Gasteiger partial charge in [0, 0.05) is 37.0 Å². The molecule has 0 aliphatic carbocycles. The molecule has 150 valence electrons. The van der Waals surface area contributed by atoms with Gasteiger partial charge in [0.25, 0.3) is 5.91 Å². The maximum Gasteiger partial charge on any atom is 0.258 e. The van der Waals surface area contributed by atoms with Crippen molar-refractivity contribution < 1.29 is 14.6 Å². The number of aliphatic hydroxyl groups excluding tert-OH is 1. The summed E-state index contributed by atoms with van der Waals surface area (Å²) in [7, 11) is 0. The van der Waals surface area contributed by atoms with Crippen LogP contribution in [0.5, 0.6) is 5.75 Å². The Bertz CT molecular complexity index is 989. The van der Waals surface area contributed by atoms with Crippen molar-refractivity contribution in [3.05, 3.63) is 66.0 Å². The second kappa shape index (κ2) is 8.98. The topological polar surface area (TPSA) is 87.6 Å². The van der Waals surface area contributed by atoms with Gasteiger partial charge < -0.3 is 15.2 Å². The lowest BCUT2D eigenvalue weighted by Crippen LogP contribution is -2.42.